The number of hydrogen-bond acceptors (Lipinski definition) is 3. The van der Waals surface area contributed by atoms with Gasteiger partial charge in [0.05, 0.1) is 12.1 Å². The molecule has 0 spiro atoms. The number of aliphatic hydroxyl groups excluding tert-OH is 1. The number of amides is 1. The fourth-order valence-corrected chi connectivity index (χ4v) is 1.06. The molecule has 2 unspecified atom stereocenters. The Morgan fingerprint density at radius 3 is 2.23 bits per heavy atom. The van der Waals surface area contributed by atoms with Gasteiger partial charge in [0.15, 0.2) is 0 Å². The van der Waals surface area contributed by atoms with Crippen LogP contribution >= 0.6 is 0 Å². The predicted molar refractivity (Wildman–Crippen MR) is 52.1 cm³/mol. The summed E-state index contributed by atoms with van der Waals surface area (Å²) >= 11 is 0. The first-order valence-electron chi connectivity index (χ1n) is 4.19. The number of carbonyl (C=O) groups excluding carboxylic acids is 1. The average molecular weight is 186 g/mol. The molecule has 3 N–H and O–H groups in total. The van der Waals surface area contributed by atoms with E-state index in [2.05, 4.69) is 0 Å². The van der Waals surface area contributed by atoms with Gasteiger partial charge in [-0.15, -0.1) is 0 Å². The van der Waals surface area contributed by atoms with Crippen molar-refractivity contribution in [3.8, 4) is 0 Å². The molecule has 4 nitrogen and oxygen atoms in total. The van der Waals surface area contributed by atoms with Crippen molar-refractivity contribution in [1.29, 1.82) is 0 Å². The summed E-state index contributed by atoms with van der Waals surface area (Å²) in [6, 6.07) is -0.174. The fourth-order valence-electron chi connectivity index (χ4n) is 1.06. The first kappa shape index (κ1) is 12.1. The lowest BCUT2D eigenvalue weighted by molar-refractivity contribution is -0.114. The van der Waals surface area contributed by atoms with E-state index in [4.69, 9.17) is 5.73 Å². The molecule has 0 aliphatic carbocycles. The van der Waals surface area contributed by atoms with Gasteiger partial charge in [-0.1, -0.05) is 6.08 Å². The summed E-state index contributed by atoms with van der Waals surface area (Å²) in [4.78, 5) is 12.6. The molecule has 0 heterocycles. The molecule has 0 aromatic rings. The van der Waals surface area contributed by atoms with Crippen LogP contribution < -0.4 is 5.73 Å². The normalized spacial score (nSPS) is 17.2. The summed E-state index contributed by atoms with van der Waals surface area (Å²) < 4.78 is 0. The molecule has 0 bridgehead atoms. The van der Waals surface area contributed by atoms with Gasteiger partial charge in [-0.2, -0.15) is 0 Å². The van der Waals surface area contributed by atoms with Crippen LogP contribution in [0.5, 0.6) is 0 Å². The van der Waals surface area contributed by atoms with Gasteiger partial charge in [0, 0.05) is 5.57 Å². The minimum atomic E-state index is -0.524. The lowest BCUT2D eigenvalue weighted by Crippen LogP contribution is -2.36. The second-order valence-electron chi connectivity index (χ2n) is 3.41. The highest BCUT2D eigenvalue weighted by atomic mass is 16.3. The molecule has 13 heavy (non-hydrogen) atoms. The maximum absolute atomic E-state index is 10.7. The van der Waals surface area contributed by atoms with Crippen LogP contribution in [0.15, 0.2) is 11.6 Å². The molecule has 0 aliphatic rings. The van der Waals surface area contributed by atoms with E-state index >= 15 is 0 Å². The van der Waals surface area contributed by atoms with Gasteiger partial charge in [0.25, 0.3) is 0 Å². The zero-order valence-corrected chi connectivity index (χ0v) is 8.61. The summed E-state index contributed by atoms with van der Waals surface area (Å²) in [5.41, 5.74) is 5.55. The van der Waals surface area contributed by atoms with Crippen LogP contribution in [-0.2, 0) is 4.79 Å². The second kappa shape index (κ2) is 4.99. The van der Waals surface area contributed by atoms with Crippen molar-refractivity contribution in [2.75, 3.05) is 14.1 Å². The van der Waals surface area contributed by atoms with E-state index in [9.17, 15) is 9.90 Å². The van der Waals surface area contributed by atoms with Crippen molar-refractivity contribution in [3.63, 3.8) is 0 Å². The van der Waals surface area contributed by atoms with Gasteiger partial charge in [0.1, 0.15) is 0 Å². The Morgan fingerprint density at radius 2 is 2.00 bits per heavy atom. The third-order valence-corrected chi connectivity index (χ3v) is 1.90. The number of primary amides is 1. The maximum atomic E-state index is 10.7. The largest absolute Gasteiger partial charge is 0.391 e. The lowest BCUT2D eigenvalue weighted by Gasteiger charge is -2.24. The van der Waals surface area contributed by atoms with E-state index in [0.717, 1.165) is 0 Å². The van der Waals surface area contributed by atoms with Crippen LogP contribution in [0.4, 0.5) is 0 Å². The molecule has 4 heteroatoms. The number of nitrogens with two attached hydrogens (primary N) is 1. The summed E-state index contributed by atoms with van der Waals surface area (Å²) in [5.74, 6) is -0.451. The molecule has 0 saturated carbocycles. The van der Waals surface area contributed by atoms with E-state index in [0.29, 0.717) is 5.57 Å². The van der Waals surface area contributed by atoms with Crippen LogP contribution in [-0.4, -0.2) is 42.2 Å². The standard InChI is InChI=1S/C9H18N2O2/c1-6(9(10)13)5-8(7(2)12)11(3)4/h5,7-8,12H,1-4H3,(H2,10,13)/b6-5+. The molecule has 2 atom stereocenters. The number of hydrogen-bond donors (Lipinski definition) is 2. The second-order valence-corrected chi connectivity index (χ2v) is 3.41. The third-order valence-electron chi connectivity index (χ3n) is 1.90. The van der Waals surface area contributed by atoms with Gasteiger partial charge >= 0.3 is 0 Å². The van der Waals surface area contributed by atoms with Crippen molar-refractivity contribution in [3.05, 3.63) is 11.6 Å². The molecule has 0 fully saturated rings. The van der Waals surface area contributed by atoms with Gasteiger partial charge in [-0.05, 0) is 27.9 Å². The van der Waals surface area contributed by atoms with Crippen LogP contribution in [0.2, 0.25) is 0 Å². The summed E-state index contributed by atoms with van der Waals surface area (Å²) in [6.45, 7) is 3.32. The number of likely N-dealkylation sites (N-methyl/N-ethyl adjacent to an activating group) is 1. The fraction of sp³-hybridized carbons (Fsp3) is 0.667. The molecule has 0 saturated heterocycles. The molecule has 76 valence electrons. The quantitative estimate of drug-likeness (QED) is 0.594. The Bertz CT molecular complexity index is 202. The molecule has 0 radical (unpaired) electrons. The topological polar surface area (TPSA) is 66.6 Å². The van der Waals surface area contributed by atoms with Gasteiger partial charge < -0.3 is 15.7 Å². The van der Waals surface area contributed by atoms with Gasteiger partial charge in [-0.3, -0.25) is 4.79 Å². The van der Waals surface area contributed by atoms with Gasteiger partial charge in [-0.25, -0.2) is 0 Å². The summed E-state index contributed by atoms with van der Waals surface area (Å²) in [7, 11) is 3.67. The third kappa shape index (κ3) is 4.05. The summed E-state index contributed by atoms with van der Waals surface area (Å²) in [5, 5.41) is 9.37. The number of rotatable bonds is 4. The Labute approximate surface area is 79.0 Å². The van der Waals surface area contributed by atoms with E-state index in [1.54, 1.807) is 19.9 Å². The van der Waals surface area contributed by atoms with Crippen molar-refractivity contribution >= 4 is 5.91 Å². The van der Waals surface area contributed by atoms with Crippen molar-refractivity contribution < 1.29 is 9.90 Å². The predicted octanol–water partition coefficient (Wildman–Crippen LogP) is -0.271. The molecule has 0 rings (SSSR count). The monoisotopic (exact) mass is 186 g/mol. The highest BCUT2D eigenvalue weighted by molar-refractivity contribution is 5.91. The highest BCUT2D eigenvalue weighted by Crippen LogP contribution is 2.05. The minimum Gasteiger partial charge on any atom is -0.391 e. The Morgan fingerprint density at radius 1 is 1.54 bits per heavy atom. The van der Waals surface area contributed by atoms with E-state index in [1.807, 2.05) is 19.0 Å². The number of aliphatic hydroxyl groups is 1. The van der Waals surface area contributed by atoms with Crippen molar-refractivity contribution in [2.24, 2.45) is 5.73 Å². The Kier molecular flexibility index (Phi) is 4.66. The first-order chi connectivity index (χ1) is 5.86. The maximum Gasteiger partial charge on any atom is 0.244 e. The Hall–Kier alpha value is -0.870. The van der Waals surface area contributed by atoms with Crippen molar-refractivity contribution in [2.45, 2.75) is 26.0 Å². The van der Waals surface area contributed by atoms with Crippen LogP contribution in [0.3, 0.4) is 0 Å². The summed E-state index contributed by atoms with van der Waals surface area (Å²) in [6.07, 6.45) is 1.15. The molecule has 0 aromatic carbocycles. The molecule has 0 aromatic heterocycles. The van der Waals surface area contributed by atoms with Crippen LogP contribution in [0, 0.1) is 0 Å². The average Bonchev–Trinajstić information content (AvgIpc) is 1.97. The minimum absolute atomic E-state index is 0.174. The van der Waals surface area contributed by atoms with E-state index in [-0.39, 0.29) is 6.04 Å². The molecule has 1 amide bonds. The smallest absolute Gasteiger partial charge is 0.244 e. The van der Waals surface area contributed by atoms with E-state index in [1.165, 1.54) is 0 Å². The zero-order valence-electron chi connectivity index (χ0n) is 8.61. The Balaban J connectivity index is 4.59. The molecule has 0 aliphatic heterocycles. The van der Waals surface area contributed by atoms with Crippen LogP contribution in [0.25, 0.3) is 0 Å². The highest BCUT2D eigenvalue weighted by Gasteiger charge is 2.15. The SMILES string of the molecule is C/C(=C\C(C(C)O)N(C)C)C(N)=O. The van der Waals surface area contributed by atoms with Crippen LogP contribution in [0.1, 0.15) is 13.8 Å². The number of carbonyl (C=O) groups is 1. The lowest BCUT2D eigenvalue weighted by atomic mass is 10.1. The van der Waals surface area contributed by atoms with Crippen molar-refractivity contribution in [1.82, 2.24) is 4.90 Å². The first-order valence-corrected chi connectivity index (χ1v) is 4.19. The molecular weight excluding hydrogens is 168 g/mol. The van der Waals surface area contributed by atoms with Gasteiger partial charge in [0.2, 0.25) is 5.91 Å². The molecular formula is C9H18N2O2. The number of nitrogens with zero attached hydrogens (tertiary/aromatic N) is 1. The van der Waals surface area contributed by atoms with E-state index < -0.39 is 12.0 Å². The zero-order chi connectivity index (χ0) is 10.6.